The van der Waals surface area contributed by atoms with E-state index in [2.05, 4.69) is 10.3 Å². The molecule has 0 spiro atoms. The van der Waals surface area contributed by atoms with Gasteiger partial charge in [0, 0.05) is 16.6 Å². The summed E-state index contributed by atoms with van der Waals surface area (Å²) in [5.74, 6) is -0.191. The Kier molecular flexibility index (Phi) is 2.73. The van der Waals surface area contributed by atoms with E-state index in [0.29, 0.717) is 0 Å². The summed E-state index contributed by atoms with van der Waals surface area (Å²) in [7, 11) is 1.93. The van der Waals surface area contributed by atoms with Crippen LogP contribution in [-0.2, 0) is 6.42 Å². The van der Waals surface area contributed by atoms with Gasteiger partial charge in [0.1, 0.15) is 5.82 Å². The number of likely N-dealkylation sites (N-methyl/N-ethyl adjacent to an activating group) is 1. The number of hydrogen-bond acceptors (Lipinski definition) is 1. The molecule has 2 aromatic rings. The Bertz CT molecular complexity index is 474. The zero-order valence-corrected chi connectivity index (χ0v) is 9.02. The fourth-order valence-corrected chi connectivity index (χ4v) is 1.93. The highest BCUT2D eigenvalue weighted by Crippen LogP contribution is 2.22. The second-order valence-corrected chi connectivity index (χ2v) is 3.77. The summed E-state index contributed by atoms with van der Waals surface area (Å²) < 4.78 is 13.0. The normalized spacial score (nSPS) is 11.1. The van der Waals surface area contributed by atoms with Gasteiger partial charge in [-0.3, -0.25) is 0 Å². The van der Waals surface area contributed by atoms with Gasteiger partial charge in [-0.15, -0.1) is 0 Å². The fraction of sp³-hybridized carbons (Fsp3) is 0.333. The number of aryl methyl sites for hydroxylation is 1. The van der Waals surface area contributed by atoms with E-state index in [9.17, 15) is 4.39 Å². The number of aromatic amines is 1. The van der Waals surface area contributed by atoms with Crippen molar-refractivity contribution >= 4 is 10.9 Å². The molecule has 0 fully saturated rings. The average molecular weight is 206 g/mol. The molecule has 0 atom stereocenters. The third kappa shape index (κ3) is 1.88. The van der Waals surface area contributed by atoms with E-state index in [1.807, 2.05) is 20.0 Å². The number of aromatic nitrogens is 1. The van der Waals surface area contributed by atoms with Crippen molar-refractivity contribution in [1.29, 1.82) is 0 Å². The third-order valence-corrected chi connectivity index (χ3v) is 2.71. The van der Waals surface area contributed by atoms with Crippen LogP contribution >= 0.6 is 0 Å². The van der Waals surface area contributed by atoms with Crippen LogP contribution in [-0.4, -0.2) is 18.6 Å². The number of fused-ring (bicyclic) bond motifs is 1. The summed E-state index contributed by atoms with van der Waals surface area (Å²) in [5, 5.41) is 4.25. The Balaban J connectivity index is 2.48. The molecule has 0 aliphatic carbocycles. The highest BCUT2D eigenvalue weighted by atomic mass is 19.1. The zero-order valence-electron chi connectivity index (χ0n) is 9.02. The highest BCUT2D eigenvalue weighted by molar-refractivity contribution is 5.84. The minimum absolute atomic E-state index is 0.191. The van der Waals surface area contributed by atoms with Crippen molar-refractivity contribution in [3.8, 4) is 0 Å². The quantitative estimate of drug-likeness (QED) is 0.792. The maximum Gasteiger partial charge on any atom is 0.125 e. The van der Waals surface area contributed by atoms with Gasteiger partial charge in [-0.05, 0) is 50.7 Å². The summed E-state index contributed by atoms with van der Waals surface area (Å²) in [6, 6.07) is 4.91. The van der Waals surface area contributed by atoms with E-state index in [-0.39, 0.29) is 5.82 Å². The Labute approximate surface area is 88.5 Å². The molecule has 2 nitrogen and oxygen atoms in total. The standard InChI is InChI=1S/C12H15FN2/c1-8-10(5-6-14-2)11-4-3-9(13)7-12(11)15-8/h3-4,7,14-15H,5-6H2,1-2H3. The third-order valence-electron chi connectivity index (χ3n) is 2.71. The number of rotatable bonds is 3. The summed E-state index contributed by atoms with van der Waals surface area (Å²) >= 11 is 0. The molecule has 2 N–H and O–H groups in total. The van der Waals surface area contributed by atoms with Gasteiger partial charge in [0.2, 0.25) is 0 Å². The van der Waals surface area contributed by atoms with E-state index in [0.717, 1.165) is 29.6 Å². The average Bonchev–Trinajstić information content (AvgIpc) is 2.50. The summed E-state index contributed by atoms with van der Waals surface area (Å²) in [6.07, 6.45) is 0.966. The van der Waals surface area contributed by atoms with Crippen molar-refractivity contribution in [2.45, 2.75) is 13.3 Å². The minimum atomic E-state index is -0.191. The molecule has 1 aromatic heterocycles. The van der Waals surface area contributed by atoms with Gasteiger partial charge in [0.25, 0.3) is 0 Å². The Hall–Kier alpha value is -1.35. The monoisotopic (exact) mass is 206 g/mol. The summed E-state index contributed by atoms with van der Waals surface area (Å²) in [5.41, 5.74) is 3.30. The molecule has 0 aliphatic heterocycles. The SMILES string of the molecule is CNCCc1c(C)[nH]c2cc(F)ccc12. The van der Waals surface area contributed by atoms with Gasteiger partial charge in [-0.1, -0.05) is 0 Å². The molecule has 1 aromatic carbocycles. The lowest BCUT2D eigenvalue weighted by molar-refractivity contribution is 0.629. The minimum Gasteiger partial charge on any atom is -0.358 e. The van der Waals surface area contributed by atoms with E-state index in [1.54, 1.807) is 6.07 Å². The molecule has 3 heteroatoms. The molecule has 0 bridgehead atoms. The largest absolute Gasteiger partial charge is 0.358 e. The van der Waals surface area contributed by atoms with Crippen LogP contribution < -0.4 is 5.32 Å². The molecule has 0 saturated carbocycles. The second-order valence-electron chi connectivity index (χ2n) is 3.77. The first-order chi connectivity index (χ1) is 7.22. The van der Waals surface area contributed by atoms with Gasteiger partial charge in [-0.2, -0.15) is 0 Å². The van der Waals surface area contributed by atoms with E-state index >= 15 is 0 Å². The highest BCUT2D eigenvalue weighted by Gasteiger charge is 2.07. The topological polar surface area (TPSA) is 27.8 Å². The first-order valence-corrected chi connectivity index (χ1v) is 5.13. The predicted octanol–water partition coefficient (Wildman–Crippen LogP) is 2.38. The van der Waals surface area contributed by atoms with Crippen LogP contribution in [0.1, 0.15) is 11.3 Å². The van der Waals surface area contributed by atoms with Crippen LogP contribution in [0.4, 0.5) is 4.39 Å². The van der Waals surface area contributed by atoms with Crippen molar-refractivity contribution in [3.05, 3.63) is 35.3 Å². The van der Waals surface area contributed by atoms with Gasteiger partial charge in [0.05, 0.1) is 0 Å². The smallest absolute Gasteiger partial charge is 0.125 e. The lowest BCUT2D eigenvalue weighted by atomic mass is 10.1. The summed E-state index contributed by atoms with van der Waals surface area (Å²) in [6.45, 7) is 2.97. The number of hydrogen-bond donors (Lipinski definition) is 2. The van der Waals surface area contributed by atoms with Crippen molar-refractivity contribution in [2.75, 3.05) is 13.6 Å². The van der Waals surface area contributed by atoms with E-state index in [1.165, 1.54) is 11.6 Å². The predicted molar refractivity (Wildman–Crippen MR) is 60.6 cm³/mol. The number of halogens is 1. The maximum atomic E-state index is 13.0. The van der Waals surface area contributed by atoms with Crippen molar-refractivity contribution in [3.63, 3.8) is 0 Å². The van der Waals surface area contributed by atoms with Crippen LogP contribution in [0.2, 0.25) is 0 Å². The van der Waals surface area contributed by atoms with Crippen LogP contribution in [0.5, 0.6) is 0 Å². The molecule has 80 valence electrons. The Morgan fingerprint density at radius 2 is 2.20 bits per heavy atom. The van der Waals surface area contributed by atoms with Gasteiger partial charge in [-0.25, -0.2) is 4.39 Å². The number of nitrogens with one attached hydrogen (secondary N) is 2. The second kappa shape index (κ2) is 4.03. The van der Waals surface area contributed by atoms with Crippen molar-refractivity contribution < 1.29 is 4.39 Å². The Morgan fingerprint density at radius 1 is 1.40 bits per heavy atom. The molecule has 15 heavy (non-hydrogen) atoms. The lowest BCUT2D eigenvalue weighted by Gasteiger charge is -2.00. The maximum absolute atomic E-state index is 13.0. The van der Waals surface area contributed by atoms with Gasteiger partial charge >= 0.3 is 0 Å². The van der Waals surface area contributed by atoms with Crippen molar-refractivity contribution in [1.82, 2.24) is 10.3 Å². The molecule has 0 aliphatic rings. The molecule has 0 unspecified atom stereocenters. The zero-order chi connectivity index (χ0) is 10.8. The lowest BCUT2D eigenvalue weighted by Crippen LogP contribution is -2.10. The van der Waals surface area contributed by atoms with Crippen LogP contribution in [0.15, 0.2) is 18.2 Å². The molecule has 0 radical (unpaired) electrons. The van der Waals surface area contributed by atoms with E-state index in [4.69, 9.17) is 0 Å². The van der Waals surface area contributed by atoms with Gasteiger partial charge in [0.15, 0.2) is 0 Å². The number of benzene rings is 1. The molecule has 1 heterocycles. The molecular formula is C12H15FN2. The van der Waals surface area contributed by atoms with Crippen molar-refractivity contribution in [2.24, 2.45) is 0 Å². The van der Waals surface area contributed by atoms with Crippen LogP contribution in [0.3, 0.4) is 0 Å². The van der Waals surface area contributed by atoms with E-state index < -0.39 is 0 Å². The Morgan fingerprint density at radius 3 is 2.93 bits per heavy atom. The summed E-state index contributed by atoms with van der Waals surface area (Å²) in [4.78, 5) is 3.21. The van der Waals surface area contributed by atoms with Crippen LogP contribution in [0.25, 0.3) is 10.9 Å². The molecule has 0 amide bonds. The van der Waals surface area contributed by atoms with Crippen LogP contribution in [0, 0.1) is 12.7 Å². The molecular weight excluding hydrogens is 191 g/mol. The first kappa shape index (κ1) is 10.2. The number of H-pyrrole nitrogens is 1. The van der Waals surface area contributed by atoms with Gasteiger partial charge < -0.3 is 10.3 Å². The fourth-order valence-electron chi connectivity index (χ4n) is 1.93. The first-order valence-electron chi connectivity index (χ1n) is 5.13. The molecule has 2 rings (SSSR count). The molecule has 0 saturated heterocycles.